The van der Waals surface area contributed by atoms with Gasteiger partial charge in [-0.3, -0.25) is 4.79 Å². The van der Waals surface area contributed by atoms with Crippen molar-refractivity contribution >= 4 is 17.7 Å². The van der Waals surface area contributed by atoms with Crippen LogP contribution in [0.5, 0.6) is 5.75 Å². The third kappa shape index (κ3) is 4.36. The third-order valence-corrected chi connectivity index (χ3v) is 5.15. The molecule has 1 aliphatic heterocycles. The van der Waals surface area contributed by atoms with Gasteiger partial charge in [0.1, 0.15) is 16.7 Å². The standard InChI is InChI=1S/C20H21F2NO2S/c1-20(2,3)25-15-7-5-14(6-8-15)19-23(18(24)12-26-19)11-13-4-9-16(21)17(22)10-13/h4-10,19H,11-12H2,1-3H3. The molecule has 1 saturated heterocycles. The molecule has 0 radical (unpaired) electrons. The Labute approximate surface area is 156 Å². The van der Waals surface area contributed by atoms with Crippen LogP contribution in [-0.4, -0.2) is 22.2 Å². The molecular weight excluding hydrogens is 356 g/mol. The van der Waals surface area contributed by atoms with E-state index in [9.17, 15) is 13.6 Å². The number of thioether (sulfide) groups is 1. The Hall–Kier alpha value is -2.08. The van der Waals surface area contributed by atoms with Crippen LogP contribution in [0.2, 0.25) is 0 Å². The summed E-state index contributed by atoms with van der Waals surface area (Å²) in [6.45, 7) is 6.19. The second-order valence-corrected chi connectivity index (χ2v) is 8.29. The smallest absolute Gasteiger partial charge is 0.234 e. The van der Waals surface area contributed by atoms with Crippen LogP contribution >= 0.6 is 11.8 Å². The number of carbonyl (C=O) groups excluding carboxylic acids is 1. The van der Waals surface area contributed by atoms with E-state index in [1.54, 1.807) is 4.90 Å². The van der Waals surface area contributed by atoms with Crippen molar-refractivity contribution in [1.82, 2.24) is 4.90 Å². The quantitative estimate of drug-likeness (QED) is 0.758. The first kappa shape index (κ1) is 18.7. The highest BCUT2D eigenvalue weighted by Gasteiger charge is 2.33. The predicted octanol–water partition coefficient (Wildman–Crippen LogP) is 4.92. The van der Waals surface area contributed by atoms with Gasteiger partial charge in [-0.1, -0.05) is 18.2 Å². The number of halogens is 2. The number of ether oxygens (including phenoxy) is 1. The zero-order valence-corrected chi connectivity index (χ0v) is 15.8. The molecule has 1 amide bonds. The van der Waals surface area contributed by atoms with Gasteiger partial charge in [0.05, 0.1) is 5.75 Å². The van der Waals surface area contributed by atoms with Crippen LogP contribution in [0.4, 0.5) is 8.78 Å². The summed E-state index contributed by atoms with van der Waals surface area (Å²) in [5.74, 6) is -0.666. The summed E-state index contributed by atoms with van der Waals surface area (Å²) in [7, 11) is 0. The fourth-order valence-corrected chi connectivity index (χ4v) is 3.98. The molecule has 3 rings (SSSR count). The van der Waals surface area contributed by atoms with E-state index in [1.165, 1.54) is 17.8 Å². The number of nitrogens with zero attached hydrogens (tertiary/aromatic N) is 1. The highest BCUT2D eigenvalue weighted by atomic mass is 32.2. The van der Waals surface area contributed by atoms with Gasteiger partial charge in [0.15, 0.2) is 11.6 Å². The molecule has 26 heavy (non-hydrogen) atoms. The van der Waals surface area contributed by atoms with Crippen molar-refractivity contribution < 1.29 is 18.3 Å². The van der Waals surface area contributed by atoms with Crippen LogP contribution in [0.15, 0.2) is 42.5 Å². The van der Waals surface area contributed by atoms with Gasteiger partial charge in [-0.2, -0.15) is 0 Å². The number of carbonyl (C=O) groups is 1. The van der Waals surface area contributed by atoms with Gasteiger partial charge in [-0.25, -0.2) is 8.78 Å². The van der Waals surface area contributed by atoms with Crippen molar-refractivity contribution in [3.8, 4) is 5.75 Å². The van der Waals surface area contributed by atoms with Gasteiger partial charge >= 0.3 is 0 Å². The molecule has 0 saturated carbocycles. The van der Waals surface area contributed by atoms with E-state index >= 15 is 0 Å². The van der Waals surface area contributed by atoms with Crippen molar-refractivity contribution in [2.75, 3.05) is 5.75 Å². The highest BCUT2D eigenvalue weighted by molar-refractivity contribution is 8.00. The second kappa shape index (κ2) is 7.27. The maximum Gasteiger partial charge on any atom is 0.234 e. The van der Waals surface area contributed by atoms with Crippen LogP contribution in [0.25, 0.3) is 0 Å². The molecule has 0 aliphatic carbocycles. The van der Waals surface area contributed by atoms with Crippen molar-refractivity contribution in [1.29, 1.82) is 0 Å². The Morgan fingerprint density at radius 3 is 2.42 bits per heavy atom. The number of rotatable bonds is 4. The summed E-state index contributed by atoms with van der Waals surface area (Å²) in [6.07, 6.45) is 0. The summed E-state index contributed by atoms with van der Waals surface area (Å²) in [6, 6.07) is 11.4. The molecule has 1 aliphatic rings. The van der Waals surface area contributed by atoms with Crippen molar-refractivity contribution in [3.63, 3.8) is 0 Å². The number of hydrogen-bond acceptors (Lipinski definition) is 3. The highest BCUT2D eigenvalue weighted by Crippen LogP contribution is 2.40. The molecule has 0 aromatic heterocycles. The molecular formula is C20H21F2NO2S. The monoisotopic (exact) mass is 377 g/mol. The van der Waals surface area contributed by atoms with Gasteiger partial charge < -0.3 is 9.64 Å². The molecule has 1 fully saturated rings. The SMILES string of the molecule is CC(C)(C)Oc1ccc(C2SCC(=O)N2Cc2ccc(F)c(F)c2)cc1. The third-order valence-electron chi connectivity index (χ3n) is 3.89. The number of hydrogen-bond donors (Lipinski definition) is 0. The lowest BCUT2D eigenvalue weighted by Crippen LogP contribution is -2.27. The van der Waals surface area contributed by atoms with E-state index in [2.05, 4.69) is 0 Å². The Balaban J connectivity index is 1.77. The van der Waals surface area contributed by atoms with Crippen molar-refractivity contribution in [2.45, 2.75) is 38.3 Å². The molecule has 6 heteroatoms. The number of amides is 1. The van der Waals surface area contributed by atoms with E-state index in [-0.39, 0.29) is 23.4 Å². The molecule has 1 atom stereocenters. The Kier molecular flexibility index (Phi) is 5.23. The maximum absolute atomic E-state index is 13.5. The predicted molar refractivity (Wildman–Crippen MR) is 98.9 cm³/mol. The largest absolute Gasteiger partial charge is 0.488 e. The fourth-order valence-electron chi connectivity index (χ4n) is 2.79. The fraction of sp³-hybridized carbons (Fsp3) is 0.350. The molecule has 2 aromatic carbocycles. The molecule has 138 valence electrons. The Morgan fingerprint density at radius 1 is 1.12 bits per heavy atom. The van der Waals surface area contributed by atoms with Gasteiger partial charge in [0, 0.05) is 6.54 Å². The summed E-state index contributed by atoms with van der Waals surface area (Å²) in [5, 5.41) is -0.153. The van der Waals surface area contributed by atoms with Gasteiger partial charge in [0.25, 0.3) is 0 Å². The van der Waals surface area contributed by atoms with E-state index in [1.807, 2.05) is 45.0 Å². The second-order valence-electron chi connectivity index (χ2n) is 7.22. The summed E-state index contributed by atoms with van der Waals surface area (Å²) < 4.78 is 32.4. The van der Waals surface area contributed by atoms with E-state index in [0.29, 0.717) is 11.3 Å². The summed E-state index contributed by atoms with van der Waals surface area (Å²) in [4.78, 5) is 14.0. The van der Waals surface area contributed by atoms with Gasteiger partial charge in [-0.15, -0.1) is 11.8 Å². The zero-order valence-electron chi connectivity index (χ0n) is 15.0. The lowest BCUT2D eigenvalue weighted by molar-refractivity contribution is -0.128. The van der Waals surface area contributed by atoms with Crippen LogP contribution in [0, 0.1) is 11.6 Å². The number of benzene rings is 2. The zero-order chi connectivity index (χ0) is 18.9. The van der Waals surface area contributed by atoms with Crippen molar-refractivity contribution in [2.24, 2.45) is 0 Å². The van der Waals surface area contributed by atoms with Crippen LogP contribution in [0.3, 0.4) is 0 Å². The lowest BCUT2D eigenvalue weighted by Gasteiger charge is -2.25. The molecule has 1 heterocycles. The summed E-state index contributed by atoms with van der Waals surface area (Å²) in [5.41, 5.74) is 1.26. The van der Waals surface area contributed by atoms with E-state index in [4.69, 9.17) is 4.74 Å². The lowest BCUT2D eigenvalue weighted by atomic mass is 10.1. The Morgan fingerprint density at radius 2 is 1.81 bits per heavy atom. The van der Waals surface area contributed by atoms with Gasteiger partial charge in [0.2, 0.25) is 5.91 Å². The minimum absolute atomic E-state index is 0.0141. The normalized spacial score (nSPS) is 17.7. The summed E-state index contributed by atoms with van der Waals surface area (Å²) >= 11 is 1.53. The molecule has 0 bridgehead atoms. The average molecular weight is 377 g/mol. The van der Waals surface area contributed by atoms with Crippen LogP contribution in [0.1, 0.15) is 37.3 Å². The van der Waals surface area contributed by atoms with E-state index < -0.39 is 11.6 Å². The van der Waals surface area contributed by atoms with Crippen molar-refractivity contribution in [3.05, 3.63) is 65.2 Å². The van der Waals surface area contributed by atoms with Crippen LogP contribution in [-0.2, 0) is 11.3 Å². The molecule has 3 nitrogen and oxygen atoms in total. The molecule has 0 N–H and O–H groups in total. The Bertz CT molecular complexity index is 802. The first-order valence-electron chi connectivity index (χ1n) is 8.37. The van der Waals surface area contributed by atoms with E-state index in [0.717, 1.165) is 23.4 Å². The minimum atomic E-state index is -0.901. The average Bonchev–Trinajstić information content (AvgIpc) is 2.91. The topological polar surface area (TPSA) is 29.5 Å². The molecule has 1 unspecified atom stereocenters. The minimum Gasteiger partial charge on any atom is -0.488 e. The van der Waals surface area contributed by atoms with Crippen LogP contribution < -0.4 is 4.74 Å². The van der Waals surface area contributed by atoms with Gasteiger partial charge in [-0.05, 0) is 56.2 Å². The molecule has 2 aromatic rings. The first-order valence-corrected chi connectivity index (χ1v) is 9.42. The first-order chi connectivity index (χ1) is 12.2. The molecule has 0 spiro atoms. The maximum atomic E-state index is 13.5.